The third-order valence-electron chi connectivity index (χ3n) is 15.0. The molecular weight excluding hydrogens is 949 g/mol. The molecule has 0 heterocycles. The van der Waals surface area contributed by atoms with E-state index in [1.165, 1.54) is 225 Å². The van der Waals surface area contributed by atoms with E-state index in [-0.39, 0.29) is 31.1 Å². The number of carbonyl (C=O) groups excluding carboxylic acids is 3. The summed E-state index contributed by atoms with van der Waals surface area (Å²) in [5, 5.41) is 0. The predicted molar refractivity (Wildman–Crippen MR) is 335 cm³/mol. The van der Waals surface area contributed by atoms with Crippen molar-refractivity contribution in [2.75, 3.05) is 13.2 Å². The first kappa shape index (κ1) is 74.1. The van der Waals surface area contributed by atoms with Gasteiger partial charge >= 0.3 is 17.9 Å². The number of allylic oxidation sites excluding steroid dienone is 10. The summed E-state index contributed by atoms with van der Waals surface area (Å²) in [6, 6.07) is 0. The first-order valence-corrected chi connectivity index (χ1v) is 33.8. The lowest BCUT2D eigenvalue weighted by Crippen LogP contribution is -2.30. The van der Waals surface area contributed by atoms with Crippen molar-refractivity contribution in [3.63, 3.8) is 0 Å². The quantitative estimate of drug-likeness (QED) is 0.0261. The molecule has 0 aliphatic heterocycles. The molecule has 1 atom stereocenters. The molecule has 0 spiro atoms. The molecule has 0 saturated carbocycles. The molecule has 0 aromatic rings. The van der Waals surface area contributed by atoms with Gasteiger partial charge in [-0.15, -0.1) is 0 Å². The summed E-state index contributed by atoms with van der Waals surface area (Å²) in [6.07, 6.45) is 83.9. The second kappa shape index (κ2) is 65.6. The van der Waals surface area contributed by atoms with Gasteiger partial charge in [-0.25, -0.2) is 0 Å². The molecule has 0 bridgehead atoms. The molecule has 0 aliphatic rings. The van der Waals surface area contributed by atoms with Crippen LogP contribution in [0.2, 0.25) is 0 Å². The Balaban J connectivity index is 4.14. The van der Waals surface area contributed by atoms with E-state index in [4.69, 9.17) is 14.2 Å². The van der Waals surface area contributed by atoms with E-state index >= 15 is 0 Å². The summed E-state index contributed by atoms with van der Waals surface area (Å²) < 4.78 is 16.9. The van der Waals surface area contributed by atoms with Gasteiger partial charge in [-0.2, -0.15) is 0 Å². The summed E-state index contributed by atoms with van der Waals surface area (Å²) in [7, 11) is 0. The van der Waals surface area contributed by atoms with Gasteiger partial charge in [0.2, 0.25) is 0 Å². The number of esters is 3. The van der Waals surface area contributed by atoms with Crippen molar-refractivity contribution in [2.24, 2.45) is 0 Å². The summed E-state index contributed by atoms with van der Waals surface area (Å²) in [6.45, 7) is 6.58. The highest BCUT2D eigenvalue weighted by molar-refractivity contribution is 5.71. The highest BCUT2D eigenvalue weighted by Crippen LogP contribution is 2.18. The summed E-state index contributed by atoms with van der Waals surface area (Å²) in [5.74, 6) is -0.844. The molecule has 0 radical (unpaired) electrons. The van der Waals surface area contributed by atoms with Crippen molar-refractivity contribution >= 4 is 17.9 Å². The van der Waals surface area contributed by atoms with Crippen LogP contribution in [0.3, 0.4) is 0 Å². The number of hydrogen-bond acceptors (Lipinski definition) is 6. The monoisotopic (exact) mass is 1080 g/mol. The van der Waals surface area contributed by atoms with E-state index in [1.807, 2.05) is 0 Å². The van der Waals surface area contributed by atoms with Gasteiger partial charge in [0.05, 0.1) is 0 Å². The van der Waals surface area contributed by atoms with Crippen molar-refractivity contribution in [1.82, 2.24) is 0 Å². The molecule has 448 valence electrons. The SMILES string of the molecule is CC/C=C\C/C=C\C/C=C\C/C=C\C/C=C\CCCCCCCCCCCCCCCCCC(=O)OCC(COC(=O)CCCCCCCCCCCCC)OC(=O)CCCCCCCCCCCCCCCCCCC. The van der Waals surface area contributed by atoms with Gasteiger partial charge in [0.15, 0.2) is 6.10 Å². The third kappa shape index (κ3) is 63.8. The van der Waals surface area contributed by atoms with Crippen LogP contribution in [0.5, 0.6) is 0 Å². The molecule has 0 N–H and O–H groups in total. The Morgan fingerprint density at radius 3 is 0.792 bits per heavy atom. The minimum atomic E-state index is -0.769. The standard InChI is InChI=1S/C71H128O6/c1-4-7-10-13-16-19-22-24-26-28-29-30-31-32-33-34-35-36-37-38-39-40-41-43-44-46-49-52-55-58-61-64-70(73)76-67-68(66-75-69(72)63-60-57-54-51-48-21-18-15-12-9-6-3)77-71(74)65-62-59-56-53-50-47-45-42-27-25-23-20-17-14-11-8-5-2/h7,10,16,19,24,26,29-30,32-33,68H,4-6,8-9,11-15,17-18,20-23,25,27-28,31,34-67H2,1-3H3/b10-7-,19-16-,26-24-,30-29-,33-32-. The number of ether oxygens (including phenoxy) is 3. The fourth-order valence-corrected chi connectivity index (χ4v) is 10.0. The van der Waals surface area contributed by atoms with Gasteiger partial charge in [0.1, 0.15) is 13.2 Å². The summed E-state index contributed by atoms with van der Waals surface area (Å²) >= 11 is 0. The number of carbonyl (C=O) groups is 3. The van der Waals surface area contributed by atoms with Crippen LogP contribution in [0.4, 0.5) is 0 Å². The lowest BCUT2D eigenvalue weighted by molar-refractivity contribution is -0.167. The van der Waals surface area contributed by atoms with E-state index in [2.05, 4.69) is 81.5 Å². The second-order valence-electron chi connectivity index (χ2n) is 22.7. The molecule has 6 heteroatoms. The maximum atomic E-state index is 12.9. The molecule has 0 saturated heterocycles. The predicted octanol–water partition coefficient (Wildman–Crippen LogP) is 23.1. The highest BCUT2D eigenvalue weighted by Gasteiger charge is 2.19. The van der Waals surface area contributed by atoms with Crippen LogP contribution in [0.25, 0.3) is 0 Å². The average molecular weight is 1080 g/mol. The van der Waals surface area contributed by atoms with Crippen LogP contribution in [0.1, 0.15) is 355 Å². The van der Waals surface area contributed by atoms with E-state index in [9.17, 15) is 14.4 Å². The van der Waals surface area contributed by atoms with Crippen molar-refractivity contribution in [1.29, 1.82) is 0 Å². The Bertz CT molecular complexity index is 1380. The fourth-order valence-electron chi connectivity index (χ4n) is 10.0. The minimum Gasteiger partial charge on any atom is -0.462 e. The Labute approximate surface area is 479 Å². The topological polar surface area (TPSA) is 78.9 Å². The lowest BCUT2D eigenvalue weighted by atomic mass is 10.0. The molecule has 0 aromatic carbocycles. The van der Waals surface area contributed by atoms with Crippen LogP contribution in [-0.4, -0.2) is 37.2 Å². The first-order valence-electron chi connectivity index (χ1n) is 33.8. The Kier molecular flexibility index (Phi) is 63.2. The minimum absolute atomic E-state index is 0.0671. The molecular formula is C71H128O6. The third-order valence-corrected chi connectivity index (χ3v) is 15.0. The Morgan fingerprint density at radius 1 is 0.273 bits per heavy atom. The van der Waals surface area contributed by atoms with Crippen molar-refractivity contribution in [3.05, 3.63) is 60.8 Å². The zero-order valence-corrected chi connectivity index (χ0v) is 51.5. The zero-order chi connectivity index (χ0) is 55.7. The zero-order valence-electron chi connectivity index (χ0n) is 51.5. The van der Waals surface area contributed by atoms with Crippen molar-refractivity contribution < 1.29 is 28.6 Å². The van der Waals surface area contributed by atoms with Crippen LogP contribution in [-0.2, 0) is 28.6 Å². The maximum absolute atomic E-state index is 12.9. The largest absolute Gasteiger partial charge is 0.462 e. The molecule has 0 amide bonds. The first-order chi connectivity index (χ1) is 38.0. The number of unbranched alkanes of at least 4 members (excludes halogenated alkanes) is 41. The number of hydrogen-bond donors (Lipinski definition) is 0. The highest BCUT2D eigenvalue weighted by atomic mass is 16.6. The smallest absolute Gasteiger partial charge is 0.306 e. The molecule has 0 fully saturated rings. The summed E-state index contributed by atoms with van der Waals surface area (Å²) in [5.41, 5.74) is 0. The molecule has 1 unspecified atom stereocenters. The average Bonchev–Trinajstić information content (AvgIpc) is 3.43. The van der Waals surface area contributed by atoms with Crippen LogP contribution in [0.15, 0.2) is 60.8 Å². The maximum Gasteiger partial charge on any atom is 0.306 e. The Morgan fingerprint density at radius 2 is 0.506 bits per heavy atom. The van der Waals surface area contributed by atoms with Crippen molar-refractivity contribution in [3.8, 4) is 0 Å². The van der Waals surface area contributed by atoms with E-state index < -0.39 is 6.10 Å². The molecule has 0 aliphatic carbocycles. The van der Waals surface area contributed by atoms with Crippen LogP contribution >= 0.6 is 0 Å². The normalized spacial score (nSPS) is 12.4. The number of rotatable bonds is 62. The summed E-state index contributed by atoms with van der Waals surface area (Å²) in [4.78, 5) is 38.3. The van der Waals surface area contributed by atoms with Gasteiger partial charge in [-0.1, -0.05) is 332 Å². The van der Waals surface area contributed by atoms with Gasteiger partial charge < -0.3 is 14.2 Å². The van der Waals surface area contributed by atoms with E-state index in [0.717, 1.165) is 89.9 Å². The molecule has 77 heavy (non-hydrogen) atoms. The lowest BCUT2D eigenvalue weighted by Gasteiger charge is -2.18. The Hall–Kier alpha value is -2.89. The molecule has 0 aromatic heterocycles. The van der Waals surface area contributed by atoms with Crippen LogP contribution in [0, 0.1) is 0 Å². The van der Waals surface area contributed by atoms with Gasteiger partial charge in [0, 0.05) is 19.3 Å². The molecule has 0 rings (SSSR count). The van der Waals surface area contributed by atoms with Crippen LogP contribution < -0.4 is 0 Å². The van der Waals surface area contributed by atoms with E-state index in [0.29, 0.717) is 19.3 Å². The molecule has 6 nitrogen and oxygen atoms in total. The van der Waals surface area contributed by atoms with E-state index in [1.54, 1.807) is 0 Å². The van der Waals surface area contributed by atoms with Crippen molar-refractivity contribution in [2.45, 2.75) is 361 Å². The van der Waals surface area contributed by atoms with Gasteiger partial charge in [-0.3, -0.25) is 14.4 Å². The second-order valence-corrected chi connectivity index (χ2v) is 22.7. The fraction of sp³-hybridized carbons (Fsp3) is 0.817. The van der Waals surface area contributed by atoms with Gasteiger partial charge in [-0.05, 0) is 64.2 Å². The van der Waals surface area contributed by atoms with Gasteiger partial charge in [0.25, 0.3) is 0 Å².